The summed E-state index contributed by atoms with van der Waals surface area (Å²) in [4.78, 5) is 1.30. The van der Waals surface area contributed by atoms with E-state index >= 15 is 0 Å². The highest BCUT2D eigenvalue weighted by Crippen LogP contribution is 2.19. The van der Waals surface area contributed by atoms with Gasteiger partial charge in [0.15, 0.2) is 0 Å². The minimum absolute atomic E-state index is 0.278. The van der Waals surface area contributed by atoms with Crippen LogP contribution in [0, 0.1) is 0 Å². The van der Waals surface area contributed by atoms with Crippen molar-refractivity contribution in [3.05, 3.63) is 52.7 Å². The third-order valence-corrected chi connectivity index (χ3v) is 4.52. The van der Waals surface area contributed by atoms with E-state index < -0.39 is 0 Å². The Morgan fingerprint density at radius 3 is 2.71 bits per heavy atom. The summed E-state index contributed by atoms with van der Waals surface area (Å²) in [7, 11) is 0. The Morgan fingerprint density at radius 1 is 1.18 bits per heavy atom. The molecule has 0 aliphatic rings. The van der Waals surface area contributed by atoms with Gasteiger partial charge >= 0.3 is 0 Å². The van der Waals surface area contributed by atoms with Crippen molar-refractivity contribution in [2.45, 2.75) is 23.8 Å². The fraction of sp³-hybridized carbons (Fsp3) is 0.286. The molecule has 0 radical (unpaired) electrons. The first-order valence-corrected chi connectivity index (χ1v) is 7.72. The van der Waals surface area contributed by atoms with Crippen LogP contribution in [0.2, 0.25) is 0 Å². The first-order chi connectivity index (χ1) is 8.34. The Bertz CT molecular complexity index is 411. The van der Waals surface area contributed by atoms with E-state index in [4.69, 9.17) is 5.73 Å². The topological polar surface area (TPSA) is 26.0 Å². The standard InChI is InChI=1S/C14H17NS2/c15-13(7-6-12-8-9-16-10-12)11-17-14-4-2-1-3-5-14/h1-5,8-10,13H,6-7,11,15H2. The number of hydrogen-bond acceptors (Lipinski definition) is 3. The molecule has 1 atom stereocenters. The first kappa shape index (κ1) is 12.7. The van der Waals surface area contributed by atoms with Gasteiger partial charge in [0, 0.05) is 16.7 Å². The average molecular weight is 263 g/mol. The summed E-state index contributed by atoms with van der Waals surface area (Å²) in [5.74, 6) is 0.994. The molecule has 0 saturated carbocycles. The molecular weight excluding hydrogens is 246 g/mol. The molecule has 0 fully saturated rings. The second-order valence-electron chi connectivity index (χ2n) is 4.05. The summed E-state index contributed by atoms with van der Waals surface area (Å²) in [6.45, 7) is 0. The zero-order valence-electron chi connectivity index (χ0n) is 9.71. The summed E-state index contributed by atoms with van der Waals surface area (Å²) in [5.41, 5.74) is 7.53. The van der Waals surface area contributed by atoms with Gasteiger partial charge in [-0.25, -0.2) is 0 Å². The van der Waals surface area contributed by atoms with Crippen LogP contribution in [-0.2, 0) is 6.42 Å². The highest BCUT2D eigenvalue weighted by atomic mass is 32.2. The van der Waals surface area contributed by atoms with Crippen LogP contribution in [0.15, 0.2) is 52.1 Å². The van der Waals surface area contributed by atoms with Gasteiger partial charge in [-0.15, -0.1) is 11.8 Å². The summed E-state index contributed by atoms with van der Waals surface area (Å²) in [5, 5.41) is 4.33. The first-order valence-electron chi connectivity index (χ1n) is 5.79. The molecule has 1 nitrogen and oxygen atoms in total. The zero-order valence-corrected chi connectivity index (χ0v) is 11.3. The number of thiophene rings is 1. The van der Waals surface area contributed by atoms with Crippen LogP contribution in [0.1, 0.15) is 12.0 Å². The van der Waals surface area contributed by atoms with E-state index in [0.29, 0.717) is 0 Å². The lowest BCUT2D eigenvalue weighted by Crippen LogP contribution is -2.23. The third-order valence-electron chi connectivity index (χ3n) is 2.59. The summed E-state index contributed by atoms with van der Waals surface area (Å²) in [6.07, 6.45) is 2.16. The van der Waals surface area contributed by atoms with Crippen molar-refractivity contribution in [3.63, 3.8) is 0 Å². The van der Waals surface area contributed by atoms with Gasteiger partial charge in [-0.1, -0.05) is 18.2 Å². The van der Waals surface area contributed by atoms with E-state index in [0.717, 1.165) is 18.6 Å². The lowest BCUT2D eigenvalue weighted by molar-refractivity contribution is 0.675. The van der Waals surface area contributed by atoms with E-state index in [1.807, 2.05) is 17.8 Å². The van der Waals surface area contributed by atoms with E-state index in [-0.39, 0.29) is 6.04 Å². The maximum Gasteiger partial charge on any atom is 0.0137 e. The van der Waals surface area contributed by atoms with Crippen molar-refractivity contribution < 1.29 is 0 Å². The molecule has 1 heterocycles. The van der Waals surface area contributed by atoms with Crippen LogP contribution in [-0.4, -0.2) is 11.8 Å². The molecule has 2 aromatic rings. The summed E-state index contributed by atoms with van der Waals surface area (Å²) in [6, 6.07) is 12.9. The number of benzene rings is 1. The predicted octanol–water partition coefficient (Wildman–Crippen LogP) is 3.80. The SMILES string of the molecule is NC(CCc1ccsc1)CSc1ccccc1. The fourth-order valence-corrected chi connectivity index (χ4v) is 3.22. The van der Waals surface area contributed by atoms with E-state index in [1.54, 1.807) is 11.3 Å². The molecule has 1 unspecified atom stereocenters. The number of aryl methyl sites for hydroxylation is 1. The molecule has 1 aromatic heterocycles. The molecule has 0 amide bonds. The van der Waals surface area contributed by atoms with E-state index in [9.17, 15) is 0 Å². The molecule has 2 rings (SSSR count). The largest absolute Gasteiger partial charge is 0.327 e. The van der Waals surface area contributed by atoms with Crippen LogP contribution in [0.5, 0.6) is 0 Å². The molecule has 0 aliphatic heterocycles. The Kier molecular flexibility index (Phi) is 5.10. The van der Waals surface area contributed by atoms with Crippen molar-refractivity contribution in [1.29, 1.82) is 0 Å². The van der Waals surface area contributed by atoms with Crippen LogP contribution in [0.25, 0.3) is 0 Å². The number of thioether (sulfide) groups is 1. The van der Waals surface area contributed by atoms with Crippen molar-refractivity contribution in [2.24, 2.45) is 5.73 Å². The fourth-order valence-electron chi connectivity index (χ4n) is 1.59. The number of hydrogen-bond donors (Lipinski definition) is 1. The molecule has 1 aromatic carbocycles. The second kappa shape index (κ2) is 6.84. The van der Waals surface area contributed by atoms with Gasteiger partial charge < -0.3 is 5.73 Å². The van der Waals surface area contributed by atoms with Crippen molar-refractivity contribution in [1.82, 2.24) is 0 Å². The zero-order chi connectivity index (χ0) is 11.9. The van der Waals surface area contributed by atoms with Crippen molar-refractivity contribution in [3.8, 4) is 0 Å². The van der Waals surface area contributed by atoms with Crippen molar-refractivity contribution in [2.75, 3.05) is 5.75 Å². The van der Waals surface area contributed by atoms with Gasteiger partial charge in [0.25, 0.3) is 0 Å². The lowest BCUT2D eigenvalue weighted by atomic mass is 10.1. The molecule has 0 spiro atoms. The minimum atomic E-state index is 0.278. The molecule has 0 aliphatic carbocycles. The maximum atomic E-state index is 6.12. The average Bonchev–Trinajstić information content (AvgIpc) is 2.88. The molecular formula is C14H17NS2. The van der Waals surface area contributed by atoms with Gasteiger partial charge in [-0.05, 0) is 47.4 Å². The van der Waals surface area contributed by atoms with Gasteiger partial charge in [-0.2, -0.15) is 11.3 Å². The normalized spacial score (nSPS) is 12.5. The highest BCUT2D eigenvalue weighted by molar-refractivity contribution is 7.99. The molecule has 2 N–H and O–H groups in total. The van der Waals surface area contributed by atoms with Gasteiger partial charge in [-0.3, -0.25) is 0 Å². The smallest absolute Gasteiger partial charge is 0.0137 e. The van der Waals surface area contributed by atoms with Crippen LogP contribution < -0.4 is 5.73 Å². The number of nitrogens with two attached hydrogens (primary N) is 1. The molecule has 3 heteroatoms. The lowest BCUT2D eigenvalue weighted by Gasteiger charge is -2.10. The van der Waals surface area contributed by atoms with Gasteiger partial charge in [0.1, 0.15) is 0 Å². The predicted molar refractivity (Wildman–Crippen MR) is 77.8 cm³/mol. The Labute approximate surface area is 111 Å². The molecule has 17 heavy (non-hydrogen) atoms. The second-order valence-corrected chi connectivity index (χ2v) is 5.93. The molecule has 0 bridgehead atoms. The third kappa shape index (κ3) is 4.54. The number of rotatable bonds is 6. The highest BCUT2D eigenvalue weighted by Gasteiger charge is 2.04. The Hall–Kier alpha value is -0.770. The molecule has 0 saturated heterocycles. The maximum absolute atomic E-state index is 6.12. The van der Waals surface area contributed by atoms with E-state index in [1.165, 1.54) is 10.5 Å². The van der Waals surface area contributed by atoms with Crippen LogP contribution in [0.4, 0.5) is 0 Å². The quantitative estimate of drug-likeness (QED) is 0.802. The summed E-state index contributed by atoms with van der Waals surface area (Å²) < 4.78 is 0. The van der Waals surface area contributed by atoms with Crippen LogP contribution >= 0.6 is 23.1 Å². The Morgan fingerprint density at radius 2 is 2.00 bits per heavy atom. The van der Waals surface area contributed by atoms with Crippen molar-refractivity contribution >= 4 is 23.1 Å². The van der Waals surface area contributed by atoms with Crippen LogP contribution in [0.3, 0.4) is 0 Å². The minimum Gasteiger partial charge on any atom is -0.327 e. The van der Waals surface area contributed by atoms with Gasteiger partial charge in [0.05, 0.1) is 0 Å². The van der Waals surface area contributed by atoms with Gasteiger partial charge in [0.2, 0.25) is 0 Å². The monoisotopic (exact) mass is 263 g/mol. The molecule has 90 valence electrons. The Balaban J connectivity index is 1.69. The van der Waals surface area contributed by atoms with E-state index in [2.05, 4.69) is 41.1 Å². The summed E-state index contributed by atoms with van der Waals surface area (Å²) >= 11 is 3.60.